The van der Waals surface area contributed by atoms with Crippen molar-refractivity contribution in [3.63, 3.8) is 0 Å². The van der Waals surface area contributed by atoms with Crippen LogP contribution in [0.4, 0.5) is 0 Å². The maximum absolute atomic E-state index is 5.14. The second kappa shape index (κ2) is 4.97. The molecule has 13 heavy (non-hydrogen) atoms. The van der Waals surface area contributed by atoms with E-state index in [0.29, 0.717) is 5.54 Å². The summed E-state index contributed by atoms with van der Waals surface area (Å²) < 4.78 is 5.14. The van der Waals surface area contributed by atoms with Crippen molar-refractivity contribution in [3.8, 4) is 0 Å². The van der Waals surface area contributed by atoms with Crippen LogP contribution in [0.1, 0.15) is 39.5 Å². The summed E-state index contributed by atoms with van der Waals surface area (Å²) in [6.07, 6.45) is 5.32. The first-order chi connectivity index (χ1) is 6.29. The minimum Gasteiger partial charge on any atom is -0.383 e. The number of hydrogen-bond acceptors (Lipinski definition) is 2. The predicted molar refractivity (Wildman–Crippen MR) is 56.0 cm³/mol. The maximum Gasteiger partial charge on any atom is 0.0589 e. The molecule has 1 rings (SSSR count). The molecule has 0 spiro atoms. The molecule has 78 valence electrons. The highest BCUT2D eigenvalue weighted by molar-refractivity contribution is 4.93. The Labute approximate surface area is 82.3 Å². The third-order valence-corrected chi connectivity index (χ3v) is 3.62. The lowest BCUT2D eigenvalue weighted by Gasteiger charge is -2.37. The number of methoxy groups -OCH3 is 1. The lowest BCUT2D eigenvalue weighted by atomic mass is 9.90. The molecule has 0 unspecified atom stereocenters. The fourth-order valence-electron chi connectivity index (χ4n) is 2.60. The number of ether oxygens (including phenoxy) is 1. The van der Waals surface area contributed by atoms with Gasteiger partial charge in [-0.05, 0) is 32.2 Å². The van der Waals surface area contributed by atoms with Gasteiger partial charge in [0, 0.05) is 19.2 Å². The van der Waals surface area contributed by atoms with Crippen LogP contribution in [0.15, 0.2) is 0 Å². The summed E-state index contributed by atoms with van der Waals surface area (Å²) in [6.45, 7) is 7.88. The monoisotopic (exact) mass is 185 g/mol. The molecule has 1 fully saturated rings. The van der Waals surface area contributed by atoms with Gasteiger partial charge in [-0.1, -0.05) is 13.8 Å². The van der Waals surface area contributed by atoms with Crippen molar-refractivity contribution in [2.45, 2.75) is 45.1 Å². The molecular weight excluding hydrogens is 162 g/mol. The van der Waals surface area contributed by atoms with Crippen molar-refractivity contribution in [1.82, 2.24) is 4.90 Å². The Kier molecular flexibility index (Phi) is 4.20. The van der Waals surface area contributed by atoms with Gasteiger partial charge in [-0.15, -0.1) is 0 Å². The SMILES string of the molecule is CCC1(CC)CCCN1CCOC. The highest BCUT2D eigenvalue weighted by Gasteiger charge is 2.36. The normalized spacial score (nSPS) is 22.4. The summed E-state index contributed by atoms with van der Waals surface area (Å²) >= 11 is 0. The molecular formula is C11H23NO. The van der Waals surface area contributed by atoms with Gasteiger partial charge in [0.1, 0.15) is 0 Å². The van der Waals surface area contributed by atoms with Crippen LogP contribution in [-0.4, -0.2) is 37.2 Å². The molecule has 0 atom stereocenters. The summed E-state index contributed by atoms with van der Waals surface area (Å²) in [4.78, 5) is 2.62. The van der Waals surface area contributed by atoms with Gasteiger partial charge in [0.2, 0.25) is 0 Å². The van der Waals surface area contributed by atoms with Gasteiger partial charge in [0.15, 0.2) is 0 Å². The fraction of sp³-hybridized carbons (Fsp3) is 1.00. The van der Waals surface area contributed by atoms with Crippen molar-refractivity contribution in [1.29, 1.82) is 0 Å². The second-order valence-corrected chi connectivity index (χ2v) is 4.01. The van der Waals surface area contributed by atoms with Crippen molar-refractivity contribution in [3.05, 3.63) is 0 Å². The molecule has 0 bridgehead atoms. The minimum absolute atomic E-state index is 0.499. The standard InChI is InChI=1S/C11H23NO/c1-4-11(5-2)7-6-8-12(11)9-10-13-3/h4-10H2,1-3H3. The van der Waals surface area contributed by atoms with E-state index in [1.54, 1.807) is 7.11 Å². The maximum atomic E-state index is 5.14. The smallest absolute Gasteiger partial charge is 0.0589 e. The molecule has 2 heteroatoms. The zero-order valence-electron chi connectivity index (χ0n) is 9.31. The molecule has 0 aliphatic carbocycles. The van der Waals surface area contributed by atoms with E-state index in [4.69, 9.17) is 4.74 Å². The molecule has 0 N–H and O–H groups in total. The van der Waals surface area contributed by atoms with Crippen molar-refractivity contribution < 1.29 is 4.74 Å². The van der Waals surface area contributed by atoms with E-state index in [1.165, 1.54) is 32.2 Å². The topological polar surface area (TPSA) is 12.5 Å². The predicted octanol–water partition coefficient (Wildman–Crippen LogP) is 2.29. The van der Waals surface area contributed by atoms with Gasteiger partial charge in [-0.25, -0.2) is 0 Å². The first kappa shape index (κ1) is 11.0. The van der Waals surface area contributed by atoms with Crippen LogP contribution >= 0.6 is 0 Å². The Bertz CT molecular complexity index is 143. The second-order valence-electron chi connectivity index (χ2n) is 4.01. The fourth-order valence-corrected chi connectivity index (χ4v) is 2.60. The van der Waals surface area contributed by atoms with Crippen LogP contribution in [0.5, 0.6) is 0 Å². The Morgan fingerprint density at radius 3 is 2.54 bits per heavy atom. The average molecular weight is 185 g/mol. The van der Waals surface area contributed by atoms with Gasteiger partial charge in [0.05, 0.1) is 6.61 Å². The van der Waals surface area contributed by atoms with Crippen LogP contribution in [-0.2, 0) is 4.74 Å². The van der Waals surface area contributed by atoms with Gasteiger partial charge < -0.3 is 4.74 Å². The highest BCUT2D eigenvalue weighted by atomic mass is 16.5. The van der Waals surface area contributed by atoms with Crippen molar-refractivity contribution in [2.75, 3.05) is 26.8 Å². The summed E-state index contributed by atoms with van der Waals surface area (Å²) in [5, 5.41) is 0. The van der Waals surface area contributed by atoms with E-state index in [1.807, 2.05) is 0 Å². The molecule has 0 radical (unpaired) electrons. The zero-order valence-corrected chi connectivity index (χ0v) is 9.31. The largest absolute Gasteiger partial charge is 0.383 e. The molecule has 0 aromatic carbocycles. The molecule has 1 heterocycles. The van der Waals surface area contributed by atoms with E-state index in [2.05, 4.69) is 18.7 Å². The van der Waals surface area contributed by atoms with Crippen LogP contribution in [0.25, 0.3) is 0 Å². The molecule has 1 aliphatic heterocycles. The summed E-state index contributed by atoms with van der Waals surface area (Å²) in [7, 11) is 1.79. The number of rotatable bonds is 5. The number of nitrogens with zero attached hydrogens (tertiary/aromatic N) is 1. The zero-order chi connectivity index (χ0) is 9.73. The Hall–Kier alpha value is -0.0800. The summed E-state index contributed by atoms with van der Waals surface area (Å²) in [5.41, 5.74) is 0.499. The molecule has 0 aromatic rings. The summed E-state index contributed by atoms with van der Waals surface area (Å²) in [5.74, 6) is 0. The molecule has 2 nitrogen and oxygen atoms in total. The van der Waals surface area contributed by atoms with E-state index >= 15 is 0 Å². The molecule has 0 aromatic heterocycles. The van der Waals surface area contributed by atoms with Crippen LogP contribution in [0, 0.1) is 0 Å². The molecule has 0 amide bonds. The van der Waals surface area contributed by atoms with Crippen LogP contribution in [0.2, 0.25) is 0 Å². The number of hydrogen-bond donors (Lipinski definition) is 0. The lowest BCUT2D eigenvalue weighted by Crippen LogP contribution is -2.44. The molecule has 1 aliphatic rings. The Morgan fingerprint density at radius 1 is 1.31 bits per heavy atom. The first-order valence-electron chi connectivity index (χ1n) is 5.53. The highest BCUT2D eigenvalue weighted by Crippen LogP contribution is 2.34. The summed E-state index contributed by atoms with van der Waals surface area (Å²) in [6, 6.07) is 0. The van der Waals surface area contributed by atoms with Crippen LogP contribution < -0.4 is 0 Å². The number of likely N-dealkylation sites (tertiary alicyclic amines) is 1. The van der Waals surface area contributed by atoms with E-state index < -0.39 is 0 Å². The van der Waals surface area contributed by atoms with E-state index in [0.717, 1.165) is 13.2 Å². The Morgan fingerprint density at radius 2 is 2.00 bits per heavy atom. The third-order valence-electron chi connectivity index (χ3n) is 3.62. The van der Waals surface area contributed by atoms with Crippen molar-refractivity contribution >= 4 is 0 Å². The molecule has 1 saturated heterocycles. The Balaban J connectivity index is 2.50. The average Bonchev–Trinajstić information content (AvgIpc) is 2.58. The van der Waals surface area contributed by atoms with Gasteiger partial charge in [-0.2, -0.15) is 0 Å². The molecule has 0 saturated carbocycles. The van der Waals surface area contributed by atoms with E-state index in [-0.39, 0.29) is 0 Å². The van der Waals surface area contributed by atoms with Gasteiger partial charge >= 0.3 is 0 Å². The third kappa shape index (κ3) is 2.23. The van der Waals surface area contributed by atoms with Crippen LogP contribution in [0.3, 0.4) is 0 Å². The quantitative estimate of drug-likeness (QED) is 0.651. The van der Waals surface area contributed by atoms with Crippen molar-refractivity contribution in [2.24, 2.45) is 0 Å². The van der Waals surface area contributed by atoms with Gasteiger partial charge in [0.25, 0.3) is 0 Å². The first-order valence-corrected chi connectivity index (χ1v) is 5.53. The lowest BCUT2D eigenvalue weighted by molar-refractivity contribution is 0.0836. The van der Waals surface area contributed by atoms with Gasteiger partial charge in [-0.3, -0.25) is 4.90 Å². The van der Waals surface area contributed by atoms with E-state index in [9.17, 15) is 0 Å². The minimum atomic E-state index is 0.499.